The second-order valence-electron chi connectivity index (χ2n) is 5.63. The van der Waals surface area contributed by atoms with Crippen LogP contribution in [0, 0.1) is 5.41 Å². The van der Waals surface area contributed by atoms with Gasteiger partial charge in [-0.3, -0.25) is 4.79 Å². The molecule has 0 bridgehead atoms. The van der Waals surface area contributed by atoms with Crippen molar-refractivity contribution in [1.29, 1.82) is 0 Å². The minimum atomic E-state index is -0.421. The van der Waals surface area contributed by atoms with E-state index < -0.39 is 5.41 Å². The van der Waals surface area contributed by atoms with Crippen LogP contribution in [0.15, 0.2) is 28.7 Å². The normalized spacial score (nSPS) is 28.1. The zero-order chi connectivity index (χ0) is 14.0. The minimum Gasteiger partial charge on any atom is -0.349 e. The van der Waals surface area contributed by atoms with Crippen LogP contribution in [-0.2, 0) is 4.79 Å². The molecule has 1 amide bonds. The summed E-state index contributed by atoms with van der Waals surface area (Å²) in [5.74, 6) is 0.0701. The quantitative estimate of drug-likeness (QED) is 0.897. The fraction of sp³-hybridized carbons (Fsp3) is 0.533. The fourth-order valence-corrected chi connectivity index (χ4v) is 3.37. The van der Waals surface area contributed by atoms with E-state index in [2.05, 4.69) is 21.2 Å². The van der Waals surface area contributed by atoms with Crippen molar-refractivity contribution in [2.75, 3.05) is 0 Å². The molecule has 0 radical (unpaired) electrons. The van der Waals surface area contributed by atoms with Gasteiger partial charge in [0.05, 0.1) is 11.5 Å². The summed E-state index contributed by atoms with van der Waals surface area (Å²) in [7, 11) is 0. The molecule has 1 saturated carbocycles. The lowest BCUT2D eigenvalue weighted by Gasteiger charge is -2.29. The van der Waals surface area contributed by atoms with E-state index in [0.717, 1.165) is 29.3 Å². The summed E-state index contributed by atoms with van der Waals surface area (Å²) in [6.45, 7) is 3.98. The SMILES string of the molecule is C[C@H](NC(=O)C1(C)CCCC1N)c1ccccc1Br. The number of nitrogens with one attached hydrogen (secondary N) is 1. The van der Waals surface area contributed by atoms with Gasteiger partial charge in [0.15, 0.2) is 0 Å². The molecule has 2 rings (SSSR count). The van der Waals surface area contributed by atoms with E-state index in [9.17, 15) is 4.79 Å². The van der Waals surface area contributed by atoms with Gasteiger partial charge in [-0.05, 0) is 38.3 Å². The summed E-state index contributed by atoms with van der Waals surface area (Å²) in [4.78, 5) is 12.5. The summed E-state index contributed by atoms with van der Waals surface area (Å²) in [5, 5.41) is 3.10. The maximum absolute atomic E-state index is 12.5. The molecule has 0 heterocycles. The molecule has 1 aliphatic rings. The van der Waals surface area contributed by atoms with Crippen LogP contribution in [0.3, 0.4) is 0 Å². The van der Waals surface area contributed by atoms with Gasteiger partial charge in [0.2, 0.25) is 5.91 Å². The first-order valence-electron chi connectivity index (χ1n) is 6.76. The predicted molar refractivity (Wildman–Crippen MR) is 80.6 cm³/mol. The molecule has 3 nitrogen and oxygen atoms in total. The average molecular weight is 325 g/mol. The maximum Gasteiger partial charge on any atom is 0.227 e. The highest BCUT2D eigenvalue weighted by Crippen LogP contribution is 2.37. The van der Waals surface area contributed by atoms with Crippen molar-refractivity contribution in [3.05, 3.63) is 34.3 Å². The summed E-state index contributed by atoms with van der Waals surface area (Å²) < 4.78 is 1.02. The van der Waals surface area contributed by atoms with Crippen molar-refractivity contribution in [3.8, 4) is 0 Å². The van der Waals surface area contributed by atoms with Crippen LogP contribution >= 0.6 is 15.9 Å². The van der Waals surface area contributed by atoms with Gasteiger partial charge in [-0.25, -0.2) is 0 Å². The van der Waals surface area contributed by atoms with Crippen LogP contribution in [-0.4, -0.2) is 11.9 Å². The Morgan fingerprint density at radius 3 is 2.79 bits per heavy atom. The first-order valence-corrected chi connectivity index (χ1v) is 7.55. The van der Waals surface area contributed by atoms with E-state index in [1.165, 1.54) is 0 Å². The van der Waals surface area contributed by atoms with Gasteiger partial charge >= 0.3 is 0 Å². The van der Waals surface area contributed by atoms with E-state index >= 15 is 0 Å². The highest BCUT2D eigenvalue weighted by Gasteiger charge is 2.43. The van der Waals surface area contributed by atoms with Gasteiger partial charge in [-0.1, -0.05) is 40.5 Å². The molecule has 19 heavy (non-hydrogen) atoms. The summed E-state index contributed by atoms with van der Waals surface area (Å²) in [6, 6.07) is 7.90. The molecule has 104 valence electrons. The highest BCUT2D eigenvalue weighted by molar-refractivity contribution is 9.10. The summed E-state index contributed by atoms with van der Waals surface area (Å²) >= 11 is 3.52. The molecule has 1 fully saturated rings. The van der Waals surface area contributed by atoms with E-state index in [1.807, 2.05) is 38.1 Å². The highest BCUT2D eigenvalue weighted by atomic mass is 79.9. The number of benzene rings is 1. The zero-order valence-electron chi connectivity index (χ0n) is 11.4. The van der Waals surface area contributed by atoms with Gasteiger partial charge in [0, 0.05) is 10.5 Å². The third-order valence-electron chi connectivity index (χ3n) is 4.27. The molecular weight excluding hydrogens is 304 g/mol. The first-order chi connectivity index (χ1) is 8.95. The van der Waals surface area contributed by atoms with Crippen molar-refractivity contribution in [2.24, 2.45) is 11.1 Å². The molecule has 1 aromatic rings. The van der Waals surface area contributed by atoms with Gasteiger partial charge in [-0.2, -0.15) is 0 Å². The zero-order valence-corrected chi connectivity index (χ0v) is 13.0. The molecule has 1 aliphatic carbocycles. The molecule has 2 unspecified atom stereocenters. The van der Waals surface area contributed by atoms with Gasteiger partial charge in [0.1, 0.15) is 0 Å². The number of nitrogens with two attached hydrogens (primary N) is 1. The van der Waals surface area contributed by atoms with E-state index in [4.69, 9.17) is 5.73 Å². The number of carbonyl (C=O) groups is 1. The van der Waals surface area contributed by atoms with Gasteiger partial charge < -0.3 is 11.1 Å². The van der Waals surface area contributed by atoms with Crippen molar-refractivity contribution < 1.29 is 4.79 Å². The largest absolute Gasteiger partial charge is 0.349 e. The Balaban J connectivity index is 2.09. The maximum atomic E-state index is 12.5. The van der Waals surface area contributed by atoms with Crippen molar-refractivity contribution in [1.82, 2.24) is 5.32 Å². The molecule has 0 aromatic heterocycles. The number of carbonyl (C=O) groups excluding carboxylic acids is 1. The van der Waals surface area contributed by atoms with Gasteiger partial charge in [0.25, 0.3) is 0 Å². The lowest BCUT2D eigenvalue weighted by molar-refractivity contribution is -0.131. The number of rotatable bonds is 3. The monoisotopic (exact) mass is 324 g/mol. The summed E-state index contributed by atoms with van der Waals surface area (Å²) in [5.41, 5.74) is 6.76. The van der Waals surface area contributed by atoms with Crippen LogP contribution in [0.4, 0.5) is 0 Å². The van der Waals surface area contributed by atoms with Crippen molar-refractivity contribution >= 4 is 21.8 Å². The molecule has 1 aromatic carbocycles. The van der Waals surface area contributed by atoms with E-state index in [-0.39, 0.29) is 18.0 Å². The van der Waals surface area contributed by atoms with Crippen LogP contribution in [0.2, 0.25) is 0 Å². The molecule has 3 atom stereocenters. The molecule has 0 spiro atoms. The Morgan fingerprint density at radius 2 is 2.21 bits per heavy atom. The molecule has 0 aliphatic heterocycles. The topological polar surface area (TPSA) is 55.1 Å². The Labute approximate surface area is 123 Å². The first kappa shape index (κ1) is 14.5. The average Bonchev–Trinajstić information content (AvgIpc) is 2.71. The van der Waals surface area contributed by atoms with E-state index in [1.54, 1.807) is 0 Å². The third-order valence-corrected chi connectivity index (χ3v) is 4.99. The number of hydrogen-bond donors (Lipinski definition) is 2. The Morgan fingerprint density at radius 1 is 1.53 bits per heavy atom. The van der Waals surface area contributed by atoms with Crippen molar-refractivity contribution in [2.45, 2.75) is 45.2 Å². The summed E-state index contributed by atoms with van der Waals surface area (Å²) in [6.07, 6.45) is 2.85. The lowest BCUT2D eigenvalue weighted by atomic mass is 9.84. The lowest BCUT2D eigenvalue weighted by Crippen LogP contribution is -2.47. The van der Waals surface area contributed by atoms with Crippen LogP contribution in [0.1, 0.15) is 44.7 Å². The smallest absolute Gasteiger partial charge is 0.227 e. The van der Waals surface area contributed by atoms with E-state index in [0.29, 0.717) is 0 Å². The Hall–Kier alpha value is -0.870. The second-order valence-corrected chi connectivity index (χ2v) is 6.49. The Bertz CT molecular complexity index is 477. The minimum absolute atomic E-state index is 0.0206. The number of halogens is 1. The second kappa shape index (κ2) is 5.63. The van der Waals surface area contributed by atoms with Crippen LogP contribution in [0.5, 0.6) is 0 Å². The predicted octanol–water partition coefficient (Wildman–Crippen LogP) is 3.14. The van der Waals surface area contributed by atoms with Crippen LogP contribution in [0.25, 0.3) is 0 Å². The standard InChI is InChI=1S/C15H21BrN2O/c1-10(11-6-3-4-7-12(11)16)18-14(19)15(2)9-5-8-13(15)17/h3-4,6-7,10,13H,5,8-9,17H2,1-2H3,(H,18,19)/t10-,13?,15?/m0/s1. The molecule has 0 saturated heterocycles. The third kappa shape index (κ3) is 2.84. The van der Waals surface area contributed by atoms with Crippen LogP contribution < -0.4 is 11.1 Å². The number of hydrogen-bond acceptors (Lipinski definition) is 2. The van der Waals surface area contributed by atoms with Crippen molar-refractivity contribution in [3.63, 3.8) is 0 Å². The van der Waals surface area contributed by atoms with Gasteiger partial charge in [-0.15, -0.1) is 0 Å². The molecule has 4 heteroatoms. The Kier molecular flexibility index (Phi) is 4.31. The fourth-order valence-electron chi connectivity index (χ4n) is 2.74. The molecule has 3 N–H and O–H groups in total. The molecular formula is C15H21BrN2O. The number of amides is 1.